The van der Waals surface area contributed by atoms with Crippen LogP contribution in [0.5, 0.6) is 0 Å². The van der Waals surface area contributed by atoms with E-state index in [0.29, 0.717) is 17.5 Å². The predicted octanol–water partition coefficient (Wildman–Crippen LogP) is 0.943. The van der Waals surface area contributed by atoms with Crippen LogP contribution in [0.4, 0.5) is 0 Å². The van der Waals surface area contributed by atoms with Crippen molar-refractivity contribution in [1.29, 1.82) is 0 Å². The maximum Gasteiger partial charge on any atom is 0.232 e. The molecule has 0 bridgehead atoms. The molecule has 0 aliphatic carbocycles. The molecule has 0 aromatic heterocycles. The number of nitrogens with one attached hydrogen (secondary N) is 1. The van der Waals surface area contributed by atoms with Gasteiger partial charge in [0.2, 0.25) is 11.8 Å². The molecule has 1 N–H and O–H groups in total. The zero-order valence-electron chi connectivity index (χ0n) is 13.0. The quantitative estimate of drug-likeness (QED) is 0.793. The first kappa shape index (κ1) is 16.6. The summed E-state index contributed by atoms with van der Waals surface area (Å²) in [5.41, 5.74) is 0. The topological polar surface area (TPSA) is 52.7 Å². The van der Waals surface area contributed by atoms with Crippen LogP contribution >= 0.6 is 11.8 Å². The second-order valence-electron chi connectivity index (χ2n) is 5.88. The fourth-order valence-corrected chi connectivity index (χ4v) is 3.95. The summed E-state index contributed by atoms with van der Waals surface area (Å²) in [6.45, 7) is 3.52. The number of piperidine rings is 1. The average Bonchev–Trinajstić information content (AvgIpc) is 2.96. The molecule has 120 valence electrons. The van der Waals surface area contributed by atoms with Crippen molar-refractivity contribution in [1.82, 2.24) is 15.1 Å². The minimum Gasteiger partial charge on any atom is -0.342 e. The molecule has 2 saturated heterocycles. The summed E-state index contributed by atoms with van der Waals surface area (Å²) < 4.78 is 0. The van der Waals surface area contributed by atoms with E-state index in [1.54, 1.807) is 0 Å². The van der Waals surface area contributed by atoms with Crippen LogP contribution < -0.4 is 5.32 Å². The lowest BCUT2D eigenvalue weighted by atomic mass is 10.1. The SMILES string of the molecule is CNCC1CCCN1C(=O)CSCC(=O)N1CCCCC1. The van der Waals surface area contributed by atoms with Crippen LogP contribution in [-0.4, -0.2) is 72.4 Å². The van der Waals surface area contributed by atoms with Crippen LogP contribution in [0.3, 0.4) is 0 Å². The molecule has 0 saturated carbocycles. The van der Waals surface area contributed by atoms with Gasteiger partial charge in [-0.1, -0.05) is 0 Å². The minimum atomic E-state index is 0.184. The number of nitrogens with zero attached hydrogens (tertiary/aromatic N) is 2. The Balaban J connectivity index is 1.67. The number of amides is 2. The summed E-state index contributed by atoms with van der Waals surface area (Å²) in [4.78, 5) is 28.2. The molecule has 0 radical (unpaired) electrons. The minimum absolute atomic E-state index is 0.184. The molecule has 2 aliphatic rings. The van der Waals surface area contributed by atoms with Crippen molar-refractivity contribution in [2.45, 2.75) is 38.1 Å². The van der Waals surface area contributed by atoms with Crippen molar-refractivity contribution in [2.75, 3.05) is 44.7 Å². The zero-order chi connectivity index (χ0) is 15.1. The van der Waals surface area contributed by atoms with E-state index in [2.05, 4.69) is 5.32 Å². The molecule has 21 heavy (non-hydrogen) atoms. The Morgan fingerprint density at radius 2 is 1.76 bits per heavy atom. The Bertz CT molecular complexity index is 359. The van der Waals surface area contributed by atoms with E-state index in [9.17, 15) is 9.59 Å². The number of carbonyl (C=O) groups is 2. The summed E-state index contributed by atoms with van der Waals surface area (Å²) in [6.07, 6.45) is 5.65. The smallest absolute Gasteiger partial charge is 0.232 e. The van der Waals surface area contributed by atoms with Crippen LogP contribution in [0, 0.1) is 0 Å². The number of hydrogen-bond acceptors (Lipinski definition) is 4. The number of likely N-dealkylation sites (tertiary alicyclic amines) is 2. The van der Waals surface area contributed by atoms with Crippen molar-refractivity contribution in [2.24, 2.45) is 0 Å². The molecule has 0 aromatic carbocycles. The van der Waals surface area contributed by atoms with Gasteiger partial charge >= 0.3 is 0 Å². The van der Waals surface area contributed by atoms with E-state index < -0.39 is 0 Å². The van der Waals surface area contributed by atoms with E-state index in [4.69, 9.17) is 0 Å². The first-order valence-electron chi connectivity index (χ1n) is 8.02. The molecule has 1 atom stereocenters. The van der Waals surface area contributed by atoms with E-state index >= 15 is 0 Å². The number of likely N-dealkylation sites (N-methyl/N-ethyl adjacent to an activating group) is 1. The standard InChI is InChI=1S/C15H27N3O2S/c1-16-10-13-6-5-9-18(13)15(20)12-21-11-14(19)17-7-3-2-4-8-17/h13,16H,2-12H2,1H3. The lowest BCUT2D eigenvalue weighted by molar-refractivity contribution is -0.129. The van der Waals surface area contributed by atoms with Gasteiger partial charge in [-0.05, 0) is 39.2 Å². The highest BCUT2D eigenvalue weighted by Gasteiger charge is 2.28. The van der Waals surface area contributed by atoms with Crippen molar-refractivity contribution in [3.63, 3.8) is 0 Å². The third-order valence-electron chi connectivity index (χ3n) is 4.30. The Hall–Kier alpha value is -0.750. The van der Waals surface area contributed by atoms with Gasteiger partial charge in [0, 0.05) is 32.2 Å². The molecular weight excluding hydrogens is 286 g/mol. The lowest BCUT2D eigenvalue weighted by Crippen LogP contribution is -2.42. The van der Waals surface area contributed by atoms with Gasteiger partial charge in [-0.15, -0.1) is 11.8 Å². The van der Waals surface area contributed by atoms with E-state index in [1.807, 2.05) is 16.8 Å². The van der Waals surface area contributed by atoms with Gasteiger partial charge in [-0.2, -0.15) is 0 Å². The summed E-state index contributed by atoms with van der Waals surface area (Å²) in [5.74, 6) is 1.25. The normalized spacial score (nSPS) is 22.6. The van der Waals surface area contributed by atoms with Gasteiger partial charge in [0.1, 0.15) is 0 Å². The van der Waals surface area contributed by atoms with Gasteiger partial charge in [-0.25, -0.2) is 0 Å². The molecule has 2 fully saturated rings. The Kier molecular flexibility index (Phi) is 6.83. The maximum absolute atomic E-state index is 12.2. The second-order valence-corrected chi connectivity index (χ2v) is 6.86. The first-order chi connectivity index (χ1) is 10.2. The van der Waals surface area contributed by atoms with Crippen LogP contribution in [-0.2, 0) is 9.59 Å². The monoisotopic (exact) mass is 313 g/mol. The van der Waals surface area contributed by atoms with Crippen LogP contribution in [0.1, 0.15) is 32.1 Å². The van der Waals surface area contributed by atoms with Gasteiger partial charge < -0.3 is 15.1 Å². The predicted molar refractivity (Wildman–Crippen MR) is 86.4 cm³/mol. The van der Waals surface area contributed by atoms with Crippen molar-refractivity contribution in [3.05, 3.63) is 0 Å². The summed E-state index contributed by atoms with van der Waals surface area (Å²) in [6, 6.07) is 0.334. The Labute approximate surface area is 131 Å². The largest absolute Gasteiger partial charge is 0.342 e. The Morgan fingerprint density at radius 3 is 2.48 bits per heavy atom. The molecule has 0 aromatic rings. The molecule has 2 amide bonds. The van der Waals surface area contributed by atoms with Gasteiger partial charge in [0.05, 0.1) is 11.5 Å². The molecule has 1 unspecified atom stereocenters. The third-order valence-corrected chi connectivity index (χ3v) is 5.20. The van der Waals surface area contributed by atoms with E-state index in [1.165, 1.54) is 18.2 Å². The maximum atomic E-state index is 12.2. The highest BCUT2D eigenvalue weighted by Crippen LogP contribution is 2.18. The zero-order valence-corrected chi connectivity index (χ0v) is 13.8. The summed E-state index contributed by atoms with van der Waals surface area (Å²) >= 11 is 1.47. The van der Waals surface area contributed by atoms with E-state index in [0.717, 1.165) is 51.9 Å². The second kappa shape index (κ2) is 8.63. The third kappa shape index (κ3) is 4.88. The van der Waals surface area contributed by atoms with Gasteiger partial charge in [-0.3, -0.25) is 9.59 Å². The lowest BCUT2D eigenvalue weighted by Gasteiger charge is -2.27. The fourth-order valence-electron chi connectivity index (χ4n) is 3.16. The van der Waals surface area contributed by atoms with Crippen molar-refractivity contribution in [3.8, 4) is 0 Å². The van der Waals surface area contributed by atoms with Crippen molar-refractivity contribution >= 4 is 23.6 Å². The van der Waals surface area contributed by atoms with Gasteiger partial charge in [0.25, 0.3) is 0 Å². The van der Waals surface area contributed by atoms with E-state index in [-0.39, 0.29) is 11.8 Å². The number of thioether (sulfide) groups is 1. The molecule has 2 aliphatic heterocycles. The summed E-state index contributed by atoms with van der Waals surface area (Å²) in [7, 11) is 1.92. The van der Waals surface area contributed by atoms with Gasteiger partial charge in [0.15, 0.2) is 0 Å². The highest BCUT2D eigenvalue weighted by molar-refractivity contribution is 8.00. The number of rotatable bonds is 6. The van der Waals surface area contributed by atoms with Crippen LogP contribution in [0.15, 0.2) is 0 Å². The molecular formula is C15H27N3O2S. The fraction of sp³-hybridized carbons (Fsp3) is 0.867. The molecule has 2 rings (SSSR count). The van der Waals surface area contributed by atoms with Crippen molar-refractivity contribution < 1.29 is 9.59 Å². The molecule has 5 nitrogen and oxygen atoms in total. The Morgan fingerprint density at radius 1 is 1.05 bits per heavy atom. The van der Waals surface area contributed by atoms with Crippen LogP contribution in [0.25, 0.3) is 0 Å². The first-order valence-corrected chi connectivity index (χ1v) is 9.17. The molecule has 2 heterocycles. The molecule has 0 spiro atoms. The van der Waals surface area contributed by atoms with Crippen LogP contribution in [0.2, 0.25) is 0 Å². The number of hydrogen-bond donors (Lipinski definition) is 1. The average molecular weight is 313 g/mol. The highest BCUT2D eigenvalue weighted by atomic mass is 32.2. The molecule has 6 heteroatoms. The summed E-state index contributed by atoms with van der Waals surface area (Å²) in [5, 5.41) is 3.15. The number of carbonyl (C=O) groups excluding carboxylic acids is 2.